The molecule has 0 rings (SSSR count). The molecule has 0 fully saturated rings. The van der Waals surface area contributed by atoms with Gasteiger partial charge in [-0.25, -0.2) is 0 Å². The second-order valence-electron chi connectivity index (χ2n) is 0. The van der Waals surface area contributed by atoms with Crippen molar-refractivity contribution in [2.75, 3.05) is 0 Å². The Morgan fingerprint density at radius 2 is 1.00 bits per heavy atom. The molecular formula is H3CrFKNaSc. The van der Waals surface area contributed by atoms with Gasteiger partial charge in [0.1, 0.15) is 0 Å². The zero-order chi connectivity index (χ0) is 0. The predicted molar refractivity (Wildman–Crippen MR) is 16.8 cm³/mol. The molecule has 0 atom stereocenters. The Morgan fingerprint density at radius 1 is 1.00 bits per heavy atom. The molecule has 0 nitrogen and oxygen atoms in total. The molecule has 0 heterocycles. The fourth-order valence-corrected chi connectivity index (χ4v) is 0. The van der Waals surface area contributed by atoms with Gasteiger partial charge in [0, 0.05) is 43.2 Å². The number of rotatable bonds is 0. The summed E-state index contributed by atoms with van der Waals surface area (Å²) in [6.07, 6.45) is 0. The summed E-state index contributed by atoms with van der Waals surface area (Å²) in [5.41, 5.74) is 0. The molecule has 21 valence electrons. The molecule has 0 bridgehead atoms. The van der Waals surface area contributed by atoms with Gasteiger partial charge in [-0.05, 0) is 0 Å². The number of hydrogen-bond acceptors (Lipinski definition) is 0. The van der Waals surface area contributed by atoms with E-state index in [-0.39, 0.29) is 129 Å². The molecule has 0 amide bonds. The average Bonchev–Trinajstić information content (AvgIpc) is 0. The van der Waals surface area contributed by atoms with Gasteiger partial charge in [0.25, 0.3) is 0 Å². The summed E-state index contributed by atoms with van der Waals surface area (Å²) in [4.78, 5) is 0. The molecule has 0 aliphatic rings. The predicted octanol–water partition coefficient (Wildman–Crippen LogP) is -1.15. The van der Waals surface area contributed by atoms with Crippen molar-refractivity contribution in [3.63, 3.8) is 0 Å². The van der Waals surface area contributed by atoms with E-state index in [0.29, 0.717) is 0 Å². The molecule has 0 aromatic rings. The van der Waals surface area contributed by atoms with Crippen molar-refractivity contribution in [3.8, 4) is 0 Å². The molecule has 1 radical (unpaired) electrons. The van der Waals surface area contributed by atoms with E-state index in [1.807, 2.05) is 0 Å². The van der Waals surface area contributed by atoms with Gasteiger partial charge in [-0.3, -0.25) is 4.70 Å². The van der Waals surface area contributed by atoms with Crippen LogP contribution in [0, 0.1) is 0 Å². The molecule has 0 saturated carbocycles. The Balaban J connectivity index is 0. The maximum Gasteiger partial charge on any atom is 0 e. The van der Waals surface area contributed by atoms with Gasteiger partial charge < -0.3 is 0 Å². The van der Waals surface area contributed by atoms with Crippen molar-refractivity contribution in [1.82, 2.24) is 0 Å². The van der Waals surface area contributed by atoms with Crippen molar-refractivity contribution in [1.29, 1.82) is 0 Å². The van der Waals surface area contributed by atoms with Crippen LogP contribution in [0.2, 0.25) is 0 Å². The van der Waals surface area contributed by atoms with Crippen LogP contribution in [0.25, 0.3) is 0 Å². The molecule has 0 spiro atoms. The van der Waals surface area contributed by atoms with Gasteiger partial charge in [-0.2, -0.15) is 0 Å². The van der Waals surface area contributed by atoms with Crippen LogP contribution in [-0.4, -0.2) is 80.9 Å². The minimum Gasteiger partial charge on any atom is 0 e. The van der Waals surface area contributed by atoms with Crippen LogP contribution in [0.1, 0.15) is 0 Å². The number of hydrogen-bond donors (Lipinski definition) is 0. The van der Waals surface area contributed by atoms with Crippen LogP contribution in [0.15, 0.2) is 0 Å². The van der Waals surface area contributed by atoms with Crippen molar-refractivity contribution in [2.24, 2.45) is 0 Å². The first-order chi connectivity index (χ1) is 0. The molecule has 0 unspecified atom stereocenters. The molecule has 0 aliphatic carbocycles. The molecular weight excluding hydrogens is 178 g/mol. The summed E-state index contributed by atoms with van der Waals surface area (Å²) >= 11 is 0. The van der Waals surface area contributed by atoms with E-state index in [9.17, 15) is 0 Å². The fourth-order valence-electron chi connectivity index (χ4n) is 0. The Labute approximate surface area is 125 Å². The second-order valence-corrected chi connectivity index (χ2v) is 0. The van der Waals surface area contributed by atoms with Crippen molar-refractivity contribution in [3.05, 3.63) is 0 Å². The summed E-state index contributed by atoms with van der Waals surface area (Å²) in [5, 5.41) is 0. The molecule has 0 aromatic carbocycles. The van der Waals surface area contributed by atoms with E-state index in [1.54, 1.807) is 0 Å². The SMILES string of the molecule is F.[Cr].[KH].[NaH].[Sc]. The fraction of sp³-hybridized carbons (Fsp3) is 0. The normalized spacial score (nSPS) is 0. The summed E-state index contributed by atoms with van der Waals surface area (Å²) in [6.45, 7) is 0. The van der Waals surface area contributed by atoms with Gasteiger partial charge in [-0.15, -0.1) is 0 Å². The largest absolute Gasteiger partial charge is 0 e. The van der Waals surface area contributed by atoms with Crippen molar-refractivity contribution < 1.29 is 47.9 Å². The topological polar surface area (TPSA) is 0 Å². The van der Waals surface area contributed by atoms with Gasteiger partial charge >= 0.3 is 80.9 Å². The number of halogens is 1. The van der Waals surface area contributed by atoms with Crippen molar-refractivity contribution >= 4 is 80.9 Å². The first kappa shape index (κ1) is 36.2. The Bertz CT molecular complexity index is 11.6. The molecule has 0 saturated heterocycles. The Morgan fingerprint density at radius 3 is 1.00 bits per heavy atom. The zero-order valence-electron chi connectivity index (χ0n) is 1.39. The van der Waals surface area contributed by atoms with Crippen LogP contribution < -0.4 is 0 Å². The third kappa shape index (κ3) is 18.0. The van der Waals surface area contributed by atoms with Gasteiger partial charge in [0.15, 0.2) is 0 Å². The van der Waals surface area contributed by atoms with Crippen molar-refractivity contribution in [2.45, 2.75) is 0 Å². The summed E-state index contributed by atoms with van der Waals surface area (Å²) in [5.74, 6) is 0. The average molecular weight is 181 g/mol. The summed E-state index contributed by atoms with van der Waals surface area (Å²) in [6, 6.07) is 0. The standard InChI is InChI=1S/Cr.FH.K.Na.Sc.2H/h;1H;;;;;. The van der Waals surface area contributed by atoms with E-state index in [4.69, 9.17) is 0 Å². The minimum absolute atomic E-state index is 0. The monoisotopic (exact) mass is 181 g/mol. The van der Waals surface area contributed by atoms with E-state index in [2.05, 4.69) is 0 Å². The van der Waals surface area contributed by atoms with Gasteiger partial charge in [0.2, 0.25) is 0 Å². The molecule has 5 heteroatoms. The first-order valence-electron chi connectivity index (χ1n) is 0. The van der Waals surface area contributed by atoms with Gasteiger partial charge in [0.05, 0.1) is 0 Å². The van der Waals surface area contributed by atoms with E-state index in [0.717, 1.165) is 0 Å². The molecule has 0 aliphatic heterocycles. The van der Waals surface area contributed by atoms with E-state index < -0.39 is 0 Å². The smallest absolute Gasteiger partial charge is 0 e. The third-order valence-corrected chi connectivity index (χ3v) is 0. The Kier molecular flexibility index (Phi) is 178. The zero-order valence-corrected chi connectivity index (χ0v) is 4.47. The molecule has 5 heavy (non-hydrogen) atoms. The van der Waals surface area contributed by atoms with Crippen LogP contribution >= 0.6 is 0 Å². The quantitative estimate of drug-likeness (QED) is 0.414. The van der Waals surface area contributed by atoms with Crippen LogP contribution in [-0.2, 0) is 43.2 Å². The summed E-state index contributed by atoms with van der Waals surface area (Å²) < 4.78 is 0. The van der Waals surface area contributed by atoms with Crippen LogP contribution in [0.4, 0.5) is 4.70 Å². The first-order valence-corrected chi connectivity index (χ1v) is 0. The van der Waals surface area contributed by atoms with Gasteiger partial charge in [-0.1, -0.05) is 0 Å². The minimum atomic E-state index is 0. The van der Waals surface area contributed by atoms with E-state index in [1.165, 1.54) is 0 Å². The summed E-state index contributed by atoms with van der Waals surface area (Å²) in [7, 11) is 0. The van der Waals surface area contributed by atoms with Crippen LogP contribution in [0.3, 0.4) is 0 Å². The molecule has 0 aromatic heterocycles. The maximum atomic E-state index is 0. The molecule has 0 N–H and O–H groups in total. The van der Waals surface area contributed by atoms with E-state index >= 15 is 0 Å². The second kappa shape index (κ2) is 24.6. The maximum absolute atomic E-state index is 0. The van der Waals surface area contributed by atoms with Crippen LogP contribution in [0.5, 0.6) is 0 Å². The Hall–Kier alpha value is 3.97. The third-order valence-electron chi connectivity index (χ3n) is 0.